The van der Waals surface area contributed by atoms with Crippen LogP contribution in [0, 0.1) is 6.92 Å². The monoisotopic (exact) mass is 343 g/mol. The van der Waals surface area contributed by atoms with Crippen molar-refractivity contribution in [3.63, 3.8) is 0 Å². The van der Waals surface area contributed by atoms with Gasteiger partial charge in [-0.1, -0.05) is 0 Å². The smallest absolute Gasteiger partial charge is 0.175 e. The van der Waals surface area contributed by atoms with Gasteiger partial charge in [0.1, 0.15) is 10.7 Å². The quantitative estimate of drug-likeness (QED) is 0.651. The van der Waals surface area contributed by atoms with Crippen molar-refractivity contribution >= 4 is 39.2 Å². The van der Waals surface area contributed by atoms with Gasteiger partial charge in [-0.25, -0.2) is 9.97 Å². The molecule has 0 atom stereocenters. The second-order valence-electron chi connectivity index (χ2n) is 6.43. The first-order valence-corrected chi connectivity index (χ1v) is 8.36. The lowest BCUT2D eigenvalue weighted by atomic mass is 9.94. The average Bonchev–Trinajstić information content (AvgIpc) is 3.05. The Morgan fingerprint density at radius 2 is 2.21 bits per heavy atom. The predicted molar refractivity (Wildman–Crippen MR) is 87.5 cm³/mol. The molecule has 4 heterocycles. The SMILES string of the molecule is Cc1nc2sc3c(c2c2nc(/C=C/C(=O)[O-])nn12)CC(C)(C)OC3. The lowest BCUT2D eigenvalue weighted by Crippen LogP contribution is -2.31. The van der Waals surface area contributed by atoms with Crippen LogP contribution in [0.4, 0.5) is 0 Å². The first kappa shape index (κ1) is 15.2. The maximum Gasteiger partial charge on any atom is 0.175 e. The lowest BCUT2D eigenvalue weighted by molar-refractivity contribution is -0.297. The summed E-state index contributed by atoms with van der Waals surface area (Å²) >= 11 is 1.62. The Morgan fingerprint density at radius 3 is 2.96 bits per heavy atom. The summed E-state index contributed by atoms with van der Waals surface area (Å²) in [5, 5.41) is 15.9. The number of hydrogen-bond acceptors (Lipinski definition) is 7. The Bertz CT molecular complexity index is 1020. The number of ether oxygens (including phenoxy) is 1. The van der Waals surface area contributed by atoms with E-state index in [2.05, 4.69) is 28.9 Å². The number of carbonyl (C=O) groups is 1. The Kier molecular flexibility index (Phi) is 3.23. The average molecular weight is 343 g/mol. The first-order valence-electron chi connectivity index (χ1n) is 7.55. The van der Waals surface area contributed by atoms with Crippen molar-refractivity contribution in [2.75, 3.05) is 0 Å². The van der Waals surface area contributed by atoms with E-state index in [0.29, 0.717) is 23.9 Å². The first-order chi connectivity index (χ1) is 11.3. The lowest BCUT2D eigenvalue weighted by Gasteiger charge is -2.30. The predicted octanol–water partition coefficient (Wildman–Crippen LogP) is 1.26. The van der Waals surface area contributed by atoms with Crippen LogP contribution in [0.2, 0.25) is 0 Å². The molecule has 0 spiro atoms. The van der Waals surface area contributed by atoms with Crippen molar-refractivity contribution in [2.24, 2.45) is 0 Å². The van der Waals surface area contributed by atoms with Crippen molar-refractivity contribution in [2.45, 2.75) is 39.4 Å². The molecule has 0 amide bonds. The highest BCUT2D eigenvalue weighted by Crippen LogP contribution is 2.39. The Balaban J connectivity index is 1.99. The van der Waals surface area contributed by atoms with E-state index in [1.807, 2.05) is 6.92 Å². The zero-order chi connectivity index (χ0) is 17.1. The van der Waals surface area contributed by atoms with Gasteiger partial charge in [0.2, 0.25) is 0 Å². The van der Waals surface area contributed by atoms with E-state index >= 15 is 0 Å². The maximum atomic E-state index is 10.6. The van der Waals surface area contributed by atoms with Crippen LogP contribution in [-0.4, -0.2) is 31.2 Å². The molecule has 124 valence electrons. The highest BCUT2D eigenvalue weighted by Gasteiger charge is 2.31. The number of fused-ring (bicyclic) bond motifs is 5. The van der Waals surface area contributed by atoms with Gasteiger partial charge in [0.25, 0.3) is 0 Å². The number of rotatable bonds is 2. The van der Waals surface area contributed by atoms with Crippen LogP contribution in [0.5, 0.6) is 0 Å². The van der Waals surface area contributed by atoms with Gasteiger partial charge in [0, 0.05) is 11.3 Å². The molecule has 0 saturated heterocycles. The summed E-state index contributed by atoms with van der Waals surface area (Å²) in [6, 6.07) is 0. The molecular formula is C16H15N4O3S-. The van der Waals surface area contributed by atoms with Crippen molar-refractivity contribution in [3.8, 4) is 0 Å². The Hall–Kier alpha value is -2.32. The Labute approximate surface area is 141 Å². The zero-order valence-electron chi connectivity index (χ0n) is 13.5. The van der Waals surface area contributed by atoms with Crippen LogP contribution < -0.4 is 5.11 Å². The second-order valence-corrected chi connectivity index (χ2v) is 7.51. The summed E-state index contributed by atoms with van der Waals surface area (Å²) in [6.45, 7) is 6.55. The summed E-state index contributed by atoms with van der Waals surface area (Å²) in [6.07, 6.45) is 3.04. The number of aliphatic carboxylic acids is 1. The van der Waals surface area contributed by atoms with Gasteiger partial charge in [0.05, 0.1) is 23.6 Å². The summed E-state index contributed by atoms with van der Waals surface area (Å²) < 4.78 is 7.55. The molecular weight excluding hydrogens is 328 g/mol. The molecule has 0 bridgehead atoms. The van der Waals surface area contributed by atoms with Gasteiger partial charge < -0.3 is 14.6 Å². The fraction of sp³-hybridized carbons (Fsp3) is 0.375. The number of carbonyl (C=O) groups excluding carboxylic acids is 1. The number of hydrogen-bond donors (Lipinski definition) is 0. The fourth-order valence-electron chi connectivity index (χ4n) is 2.97. The molecule has 0 aliphatic carbocycles. The van der Waals surface area contributed by atoms with E-state index in [9.17, 15) is 9.90 Å². The van der Waals surface area contributed by atoms with Crippen LogP contribution in [0.25, 0.3) is 21.9 Å². The molecule has 0 fully saturated rings. The molecule has 8 heteroatoms. The van der Waals surface area contributed by atoms with Crippen LogP contribution in [0.1, 0.15) is 35.9 Å². The number of aryl methyl sites for hydroxylation is 1. The molecule has 0 N–H and O–H groups in total. The summed E-state index contributed by atoms with van der Waals surface area (Å²) in [7, 11) is 0. The summed E-state index contributed by atoms with van der Waals surface area (Å²) in [5.74, 6) is -0.250. The molecule has 0 radical (unpaired) electrons. The molecule has 0 aromatic carbocycles. The molecule has 0 unspecified atom stereocenters. The minimum Gasteiger partial charge on any atom is -0.545 e. The molecule has 4 rings (SSSR count). The molecule has 0 saturated carbocycles. The third-order valence-electron chi connectivity index (χ3n) is 4.05. The van der Waals surface area contributed by atoms with E-state index in [1.165, 1.54) is 16.5 Å². The van der Waals surface area contributed by atoms with Crippen LogP contribution in [0.15, 0.2) is 6.08 Å². The number of carboxylic acids is 1. The fourth-order valence-corrected chi connectivity index (χ4v) is 4.11. The molecule has 3 aromatic rings. The van der Waals surface area contributed by atoms with Crippen molar-refractivity contribution < 1.29 is 14.6 Å². The summed E-state index contributed by atoms with van der Waals surface area (Å²) in [4.78, 5) is 21.8. The van der Waals surface area contributed by atoms with E-state index in [0.717, 1.165) is 22.7 Å². The van der Waals surface area contributed by atoms with Gasteiger partial charge in [-0.15, -0.1) is 16.4 Å². The molecule has 24 heavy (non-hydrogen) atoms. The van der Waals surface area contributed by atoms with Gasteiger partial charge >= 0.3 is 0 Å². The molecule has 3 aromatic heterocycles. The molecule has 7 nitrogen and oxygen atoms in total. The molecule has 1 aliphatic heterocycles. The highest BCUT2D eigenvalue weighted by molar-refractivity contribution is 7.19. The van der Waals surface area contributed by atoms with Crippen LogP contribution >= 0.6 is 11.3 Å². The van der Waals surface area contributed by atoms with Gasteiger partial charge in [-0.05, 0) is 38.5 Å². The third kappa shape index (κ3) is 2.38. The highest BCUT2D eigenvalue weighted by atomic mass is 32.1. The molecule has 1 aliphatic rings. The standard InChI is InChI=1S/C16H16N4O3S/c1-8-17-15-13(9-6-16(2,3)23-7-10(9)24-15)14-18-11(19-20(8)14)4-5-12(21)22/h4-5H,6-7H2,1-3H3,(H,21,22)/p-1/b5-4+. The van der Waals surface area contributed by atoms with Gasteiger partial charge in [0.15, 0.2) is 11.5 Å². The zero-order valence-corrected chi connectivity index (χ0v) is 14.3. The van der Waals surface area contributed by atoms with Crippen molar-refractivity contribution in [3.05, 3.63) is 28.2 Å². The number of nitrogens with zero attached hydrogens (tertiary/aromatic N) is 4. The van der Waals surface area contributed by atoms with Crippen molar-refractivity contribution in [1.29, 1.82) is 0 Å². The normalized spacial score (nSPS) is 17.0. The maximum absolute atomic E-state index is 10.6. The van der Waals surface area contributed by atoms with Gasteiger partial charge in [-0.3, -0.25) is 0 Å². The minimum absolute atomic E-state index is 0.236. The summed E-state index contributed by atoms with van der Waals surface area (Å²) in [5.41, 5.74) is 1.66. The van der Waals surface area contributed by atoms with E-state index in [4.69, 9.17) is 4.74 Å². The van der Waals surface area contributed by atoms with E-state index in [1.54, 1.807) is 15.9 Å². The van der Waals surface area contributed by atoms with Crippen LogP contribution in [0.3, 0.4) is 0 Å². The number of carboxylic acid groups (broad SMARTS) is 1. The second kappa shape index (κ2) is 5.09. The van der Waals surface area contributed by atoms with E-state index < -0.39 is 5.97 Å². The van der Waals surface area contributed by atoms with Gasteiger partial charge in [-0.2, -0.15) is 4.52 Å². The largest absolute Gasteiger partial charge is 0.545 e. The Morgan fingerprint density at radius 1 is 1.42 bits per heavy atom. The van der Waals surface area contributed by atoms with Crippen molar-refractivity contribution in [1.82, 2.24) is 19.6 Å². The minimum atomic E-state index is -1.28. The third-order valence-corrected chi connectivity index (χ3v) is 5.15. The topological polar surface area (TPSA) is 92.4 Å². The van der Waals surface area contributed by atoms with Crippen LogP contribution in [-0.2, 0) is 22.6 Å². The number of thiophene rings is 1. The van der Waals surface area contributed by atoms with E-state index in [-0.39, 0.29) is 5.60 Å². The number of aromatic nitrogens is 4.